The molecule has 3 aliphatic rings. The van der Waals surface area contributed by atoms with Crippen molar-refractivity contribution in [1.82, 2.24) is 18.9 Å². The second-order valence-corrected chi connectivity index (χ2v) is 11.0. The summed E-state index contributed by atoms with van der Waals surface area (Å²) in [4.78, 5) is 32.0. The molecule has 2 fully saturated rings. The lowest BCUT2D eigenvalue weighted by Crippen LogP contribution is -2.47. The van der Waals surface area contributed by atoms with Gasteiger partial charge >= 0.3 is 0 Å². The number of piperidine rings is 1. The van der Waals surface area contributed by atoms with Gasteiger partial charge in [-0.2, -0.15) is 0 Å². The second-order valence-electron chi connectivity index (χ2n) is 11.0. The number of rotatable bonds is 5. The molecule has 0 aliphatic carbocycles. The lowest BCUT2D eigenvalue weighted by molar-refractivity contribution is 0.112. The van der Waals surface area contributed by atoms with Gasteiger partial charge in [-0.05, 0) is 42.7 Å². The van der Waals surface area contributed by atoms with Crippen LogP contribution >= 0.6 is 0 Å². The van der Waals surface area contributed by atoms with Gasteiger partial charge in [0.05, 0.1) is 5.69 Å². The summed E-state index contributed by atoms with van der Waals surface area (Å²) in [5.41, 5.74) is 3.37. The number of fused-ring (bicyclic) bond motifs is 4. The topological polar surface area (TPSA) is 73.9 Å². The third kappa shape index (κ3) is 4.76. The number of benzene rings is 1. The molecule has 1 aromatic carbocycles. The molecule has 0 saturated carbocycles. The van der Waals surface area contributed by atoms with E-state index in [1.165, 1.54) is 12.1 Å². The number of aromatic hydroxyl groups is 1. The van der Waals surface area contributed by atoms with Crippen molar-refractivity contribution in [3.63, 3.8) is 0 Å². The van der Waals surface area contributed by atoms with Crippen LogP contribution in [0.2, 0.25) is 0 Å². The molecule has 2 bridgehead atoms. The Bertz CT molecular complexity index is 1440. The first kappa shape index (κ1) is 24.9. The Morgan fingerprint density at radius 3 is 2.45 bits per heavy atom. The molecule has 5 heterocycles. The zero-order valence-corrected chi connectivity index (χ0v) is 21.7. The molecule has 1 unspecified atom stereocenters. The molecule has 8 nitrogen and oxygen atoms in total. The standard InChI is InChI=1S/C29H34FN5O3/c1-31-24(18-33-15-20-13-21(17-33)25-3-2-4-28(37)35(25)16-20)14-27(36)29(38)26(31)19-32-9-11-34(12-10-32)23-7-5-22(30)6-8-23/h2-8,14,20-21,38H,9-13,15-19H2,1H3/t20-,21?/m1/s1. The molecule has 0 amide bonds. The van der Waals surface area contributed by atoms with Crippen LogP contribution in [0.15, 0.2) is 58.1 Å². The van der Waals surface area contributed by atoms with Crippen molar-refractivity contribution < 1.29 is 9.50 Å². The van der Waals surface area contributed by atoms with Crippen LogP contribution in [-0.2, 0) is 26.7 Å². The van der Waals surface area contributed by atoms with Gasteiger partial charge in [0, 0.05) is 101 Å². The maximum Gasteiger partial charge on any atom is 0.250 e. The van der Waals surface area contributed by atoms with Gasteiger partial charge in [0.1, 0.15) is 5.82 Å². The van der Waals surface area contributed by atoms with Crippen LogP contribution in [0.1, 0.15) is 29.4 Å². The SMILES string of the molecule is Cn1c(CN2CC3C[C@H](C2)Cn2c3cccc2=O)cc(=O)c(O)c1CN1CCN(c2ccc(F)cc2)CC1. The molecule has 3 aliphatic heterocycles. The van der Waals surface area contributed by atoms with Gasteiger partial charge in [-0.1, -0.05) is 6.07 Å². The van der Waals surface area contributed by atoms with E-state index in [1.807, 2.05) is 22.2 Å². The van der Waals surface area contributed by atoms with E-state index < -0.39 is 0 Å². The van der Waals surface area contributed by atoms with Gasteiger partial charge in [-0.3, -0.25) is 19.4 Å². The molecule has 2 aromatic heterocycles. The van der Waals surface area contributed by atoms with E-state index in [-0.39, 0.29) is 22.6 Å². The van der Waals surface area contributed by atoms with E-state index in [0.717, 1.165) is 69.3 Å². The number of aromatic nitrogens is 2. The number of hydrogen-bond acceptors (Lipinski definition) is 6. The lowest BCUT2D eigenvalue weighted by Gasteiger charge is -2.43. The highest BCUT2D eigenvalue weighted by molar-refractivity contribution is 5.46. The molecular formula is C29H34FN5O3. The maximum absolute atomic E-state index is 13.3. The van der Waals surface area contributed by atoms with Gasteiger partial charge in [0.15, 0.2) is 5.75 Å². The fourth-order valence-electron chi connectivity index (χ4n) is 6.51. The number of hydrogen-bond donors (Lipinski definition) is 1. The van der Waals surface area contributed by atoms with Gasteiger partial charge < -0.3 is 19.1 Å². The highest BCUT2D eigenvalue weighted by atomic mass is 19.1. The van der Waals surface area contributed by atoms with E-state index >= 15 is 0 Å². The highest BCUT2D eigenvalue weighted by Crippen LogP contribution is 2.35. The molecule has 38 heavy (non-hydrogen) atoms. The summed E-state index contributed by atoms with van der Waals surface area (Å²) in [7, 11) is 1.93. The summed E-state index contributed by atoms with van der Waals surface area (Å²) in [6.07, 6.45) is 1.09. The van der Waals surface area contributed by atoms with E-state index in [0.29, 0.717) is 30.6 Å². The van der Waals surface area contributed by atoms with Gasteiger partial charge in [0.2, 0.25) is 5.43 Å². The number of pyridine rings is 2. The van der Waals surface area contributed by atoms with Crippen LogP contribution in [0, 0.1) is 11.7 Å². The van der Waals surface area contributed by atoms with Crippen molar-refractivity contribution in [2.75, 3.05) is 44.2 Å². The molecule has 2 saturated heterocycles. The second kappa shape index (κ2) is 10.0. The Balaban J connectivity index is 1.15. The van der Waals surface area contributed by atoms with Crippen LogP contribution < -0.4 is 15.9 Å². The van der Waals surface area contributed by atoms with E-state index in [9.17, 15) is 19.1 Å². The molecule has 9 heteroatoms. The largest absolute Gasteiger partial charge is 0.503 e. The Morgan fingerprint density at radius 2 is 1.68 bits per heavy atom. The number of likely N-dealkylation sites (tertiary alicyclic amines) is 1. The van der Waals surface area contributed by atoms with Crippen LogP contribution in [0.5, 0.6) is 5.75 Å². The molecule has 0 spiro atoms. The third-order valence-electron chi connectivity index (χ3n) is 8.52. The molecule has 2 atom stereocenters. The minimum Gasteiger partial charge on any atom is -0.503 e. The fraction of sp³-hybridized carbons (Fsp3) is 0.448. The summed E-state index contributed by atoms with van der Waals surface area (Å²) >= 11 is 0. The summed E-state index contributed by atoms with van der Waals surface area (Å²) in [5.74, 6) is 0.299. The van der Waals surface area contributed by atoms with E-state index in [4.69, 9.17) is 0 Å². The first-order chi connectivity index (χ1) is 18.4. The average Bonchev–Trinajstić information content (AvgIpc) is 2.91. The van der Waals surface area contributed by atoms with Gasteiger partial charge in [-0.25, -0.2) is 4.39 Å². The molecular weight excluding hydrogens is 485 g/mol. The summed E-state index contributed by atoms with van der Waals surface area (Å²) in [5, 5.41) is 10.7. The summed E-state index contributed by atoms with van der Waals surface area (Å²) < 4.78 is 17.2. The fourth-order valence-corrected chi connectivity index (χ4v) is 6.51. The monoisotopic (exact) mass is 519 g/mol. The van der Waals surface area contributed by atoms with Crippen molar-refractivity contribution in [2.24, 2.45) is 13.0 Å². The molecule has 0 radical (unpaired) electrons. The third-order valence-corrected chi connectivity index (χ3v) is 8.52. The van der Waals surface area contributed by atoms with Crippen LogP contribution in [0.25, 0.3) is 0 Å². The van der Waals surface area contributed by atoms with E-state index in [2.05, 4.69) is 20.8 Å². The molecule has 1 N–H and O–H groups in total. The normalized spacial score (nSPS) is 21.9. The maximum atomic E-state index is 13.3. The molecule has 200 valence electrons. The summed E-state index contributed by atoms with van der Waals surface area (Å²) in [6, 6.07) is 13.7. The van der Waals surface area contributed by atoms with Crippen molar-refractivity contribution in [3.8, 4) is 5.75 Å². The first-order valence-electron chi connectivity index (χ1n) is 13.4. The number of nitrogens with zero attached hydrogens (tertiary/aromatic N) is 5. The lowest BCUT2D eigenvalue weighted by atomic mass is 9.83. The Morgan fingerprint density at radius 1 is 0.921 bits per heavy atom. The average molecular weight is 520 g/mol. The van der Waals surface area contributed by atoms with E-state index in [1.54, 1.807) is 24.3 Å². The predicted molar refractivity (Wildman–Crippen MR) is 144 cm³/mol. The minimum absolute atomic E-state index is 0.0784. The smallest absolute Gasteiger partial charge is 0.250 e. The highest BCUT2D eigenvalue weighted by Gasteiger charge is 2.34. The quantitative estimate of drug-likeness (QED) is 0.558. The van der Waals surface area contributed by atoms with Gasteiger partial charge in [0.25, 0.3) is 5.56 Å². The van der Waals surface area contributed by atoms with Gasteiger partial charge in [-0.15, -0.1) is 0 Å². The van der Waals surface area contributed by atoms with Crippen molar-refractivity contribution >= 4 is 5.69 Å². The number of piperazine rings is 1. The van der Waals surface area contributed by atoms with Crippen molar-refractivity contribution in [3.05, 3.63) is 92.0 Å². The Labute approximate surface area is 221 Å². The van der Waals surface area contributed by atoms with Crippen molar-refractivity contribution in [1.29, 1.82) is 0 Å². The predicted octanol–water partition coefficient (Wildman–Crippen LogP) is 2.33. The van der Waals surface area contributed by atoms with Crippen LogP contribution in [0.4, 0.5) is 10.1 Å². The molecule has 6 rings (SSSR count). The van der Waals surface area contributed by atoms with Crippen LogP contribution in [-0.4, -0.2) is 63.3 Å². The minimum atomic E-state index is -0.341. The Kier molecular flexibility index (Phi) is 6.57. The number of anilines is 1. The zero-order chi connectivity index (χ0) is 26.4. The van der Waals surface area contributed by atoms with Crippen molar-refractivity contribution in [2.45, 2.75) is 32.0 Å². The van der Waals surface area contributed by atoms with Crippen LogP contribution in [0.3, 0.4) is 0 Å². The zero-order valence-electron chi connectivity index (χ0n) is 21.7. The first-order valence-corrected chi connectivity index (χ1v) is 13.4. The Hall–Kier alpha value is -3.43. The number of halogens is 1. The molecule has 3 aromatic rings. The summed E-state index contributed by atoms with van der Waals surface area (Å²) in [6.45, 7) is 6.73.